The van der Waals surface area contributed by atoms with Gasteiger partial charge in [-0.3, -0.25) is 4.79 Å². The maximum absolute atomic E-state index is 11.4. The summed E-state index contributed by atoms with van der Waals surface area (Å²) < 4.78 is 11.9. The van der Waals surface area contributed by atoms with Crippen molar-refractivity contribution in [3.63, 3.8) is 0 Å². The van der Waals surface area contributed by atoms with Crippen molar-refractivity contribution < 1.29 is 14.3 Å². The zero-order chi connectivity index (χ0) is 13.8. The summed E-state index contributed by atoms with van der Waals surface area (Å²) in [5, 5.41) is 0. The Kier molecular flexibility index (Phi) is 3.89. The smallest absolute Gasteiger partial charge is 0.307 e. The van der Waals surface area contributed by atoms with Crippen LogP contribution in [-0.4, -0.2) is 29.2 Å². The summed E-state index contributed by atoms with van der Waals surface area (Å²) in [5.74, 6) is 0.865. The number of nitrogens with two attached hydrogens (primary N) is 1. The van der Waals surface area contributed by atoms with Gasteiger partial charge >= 0.3 is 5.97 Å². The van der Waals surface area contributed by atoms with Gasteiger partial charge in [-0.25, -0.2) is 4.98 Å². The molecule has 2 N–H and O–H groups in total. The van der Waals surface area contributed by atoms with E-state index in [4.69, 9.17) is 15.2 Å². The molecule has 19 heavy (non-hydrogen) atoms. The van der Waals surface area contributed by atoms with Gasteiger partial charge in [0.1, 0.15) is 5.75 Å². The number of nitrogens with zero attached hydrogens (tertiary/aromatic N) is 2. The second kappa shape index (κ2) is 5.60. The fraction of sp³-hybridized carbons (Fsp3) is 0.385. The van der Waals surface area contributed by atoms with E-state index in [1.165, 1.54) is 0 Å². The van der Waals surface area contributed by atoms with Gasteiger partial charge in [-0.1, -0.05) is 0 Å². The molecule has 2 rings (SSSR count). The number of carbonyl (C=O) groups excluding carboxylic acids is 1. The summed E-state index contributed by atoms with van der Waals surface area (Å²) in [6, 6.07) is 5.51. The number of hydrogen-bond acceptors (Lipinski definition) is 5. The Morgan fingerprint density at radius 3 is 2.95 bits per heavy atom. The fourth-order valence-corrected chi connectivity index (χ4v) is 1.92. The van der Waals surface area contributed by atoms with Crippen LogP contribution in [0.5, 0.6) is 5.75 Å². The van der Waals surface area contributed by atoms with E-state index in [-0.39, 0.29) is 12.4 Å². The van der Waals surface area contributed by atoms with Crippen LogP contribution in [0.4, 0.5) is 5.95 Å². The Balaban J connectivity index is 2.26. The number of imidazole rings is 1. The number of esters is 1. The summed E-state index contributed by atoms with van der Waals surface area (Å²) in [5.41, 5.74) is 7.49. The second-order valence-electron chi connectivity index (χ2n) is 4.03. The Morgan fingerprint density at radius 1 is 1.47 bits per heavy atom. The third kappa shape index (κ3) is 2.78. The van der Waals surface area contributed by atoms with Crippen LogP contribution in [0.25, 0.3) is 11.0 Å². The highest BCUT2D eigenvalue weighted by Gasteiger charge is 2.11. The van der Waals surface area contributed by atoms with E-state index >= 15 is 0 Å². The van der Waals surface area contributed by atoms with Crippen LogP contribution in [0, 0.1) is 0 Å². The van der Waals surface area contributed by atoms with Gasteiger partial charge < -0.3 is 19.8 Å². The van der Waals surface area contributed by atoms with Crippen molar-refractivity contribution in [2.45, 2.75) is 19.9 Å². The molecule has 2 aromatic rings. The predicted molar refractivity (Wildman–Crippen MR) is 71.9 cm³/mol. The molecule has 0 aliphatic heterocycles. The van der Waals surface area contributed by atoms with E-state index in [9.17, 15) is 4.79 Å². The Hall–Kier alpha value is -2.24. The molecular formula is C13H17N3O3. The SMILES string of the molecule is CCOC(=O)CCn1c(N)nc2ccc(OC)cc21. The van der Waals surface area contributed by atoms with Gasteiger partial charge in [0.15, 0.2) is 0 Å². The molecular weight excluding hydrogens is 246 g/mol. The highest BCUT2D eigenvalue weighted by Crippen LogP contribution is 2.23. The number of aryl methyl sites for hydroxylation is 1. The fourth-order valence-electron chi connectivity index (χ4n) is 1.92. The highest BCUT2D eigenvalue weighted by molar-refractivity contribution is 5.80. The predicted octanol–water partition coefficient (Wildman–Crippen LogP) is 1.58. The van der Waals surface area contributed by atoms with E-state index in [2.05, 4.69) is 4.98 Å². The molecule has 0 atom stereocenters. The Bertz CT molecular complexity index is 592. The van der Waals surface area contributed by atoms with Crippen molar-refractivity contribution in [1.82, 2.24) is 9.55 Å². The lowest BCUT2D eigenvalue weighted by atomic mass is 10.3. The summed E-state index contributed by atoms with van der Waals surface area (Å²) >= 11 is 0. The molecule has 0 amide bonds. The first-order chi connectivity index (χ1) is 9.15. The van der Waals surface area contributed by atoms with Crippen molar-refractivity contribution >= 4 is 23.0 Å². The third-order valence-electron chi connectivity index (χ3n) is 2.83. The van der Waals surface area contributed by atoms with Crippen molar-refractivity contribution in [1.29, 1.82) is 0 Å². The van der Waals surface area contributed by atoms with Gasteiger partial charge in [-0.15, -0.1) is 0 Å². The second-order valence-corrected chi connectivity index (χ2v) is 4.03. The number of fused-ring (bicyclic) bond motifs is 1. The van der Waals surface area contributed by atoms with Gasteiger partial charge in [0, 0.05) is 12.6 Å². The Labute approximate surface area is 111 Å². The monoisotopic (exact) mass is 263 g/mol. The molecule has 0 unspecified atom stereocenters. The first-order valence-corrected chi connectivity index (χ1v) is 6.11. The van der Waals surface area contributed by atoms with Gasteiger partial charge in [-0.2, -0.15) is 0 Å². The van der Waals surface area contributed by atoms with Crippen LogP contribution in [0.3, 0.4) is 0 Å². The highest BCUT2D eigenvalue weighted by atomic mass is 16.5. The van der Waals surface area contributed by atoms with Crippen molar-refractivity contribution in [3.05, 3.63) is 18.2 Å². The van der Waals surface area contributed by atoms with Crippen molar-refractivity contribution in [3.8, 4) is 5.75 Å². The van der Waals surface area contributed by atoms with Crippen LogP contribution in [0.15, 0.2) is 18.2 Å². The molecule has 0 spiro atoms. The summed E-state index contributed by atoms with van der Waals surface area (Å²) in [4.78, 5) is 15.6. The number of methoxy groups -OCH3 is 1. The molecule has 0 radical (unpaired) electrons. The number of anilines is 1. The number of ether oxygens (including phenoxy) is 2. The largest absolute Gasteiger partial charge is 0.497 e. The lowest BCUT2D eigenvalue weighted by molar-refractivity contribution is -0.143. The number of benzene rings is 1. The number of nitrogen functional groups attached to an aromatic ring is 1. The summed E-state index contributed by atoms with van der Waals surface area (Å²) in [6.07, 6.45) is 0.265. The molecule has 1 aromatic carbocycles. The number of carbonyl (C=O) groups is 1. The molecule has 102 valence electrons. The van der Waals surface area contributed by atoms with Crippen LogP contribution in [0.2, 0.25) is 0 Å². The van der Waals surface area contributed by atoms with Crippen LogP contribution in [-0.2, 0) is 16.1 Å². The third-order valence-corrected chi connectivity index (χ3v) is 2.83. The molecule has 6 nitrogen and oxygen atoms in total. The molecule has 0 saturated carbocycles. The first-order valence-electron chi connectivity index (χ1n) is 6.11. The molecule has 0 fully saturated rings. The zero-order valence-electron chi connectivity index (χ0n) is 11.0. The number of aromatic nitrogens is 2. The van der Waals surface area contributed by atoms with E-state index in [0.717, 1.165) is 16.8 Å². The average Bonchev–Trinajstić information content (AvgIpc) is 2.71. The number of hydrogen-bond donors (Lipinski definition) is 1. The first kappa shape index (κ1) is 13.2. The van der Waals surface area contributed by atoms with Gasteiger partial charge in [0.05, 0.1) is 31.2 Å². The van der Waals surface area contributed by atoms with E-state index in [1.54, 1.807) is 18.6 Å². The summed E-state index contributed by atoms with van der Waals surface area (Å²) in [6.45, 7) is 2.60. The normalized spacial score (nSPS) is 10.6. The van der Waals surface area contributed by atoms with Crippen LogP contribution < -0.4 is 10.5 Å². The molecule has 0 saturated heterocycles. The molecule has 0 aliphatic carbocycles. The standard InChI is InChI=1S/C13H17N3O3/c1-3-19-12(17)6-7-16-11-8-9(18-2)4-5-10(11)15-13(16)14/h4-5,8H,3,6-7H2,1-2H3,(H2,14,15). The quantitative estimate of drug-likeness (QED) is 0.828. The van der Waals surface area contributed by atoms with Crippen molar-refractivity contribution in [2.24, 2.45) is 0 Å². The minimum absolute atomic E-state index is 0.244. The van der Waals surface area contributed by atoms with E-state index in [1.807, 2.05) is 18.2 Å². The van der Waals surface area contributed by atoms with Crippen LogP contribution >= 0.6 is 0 Å². The minimum Gasteiger partial charge on any atom is -0.497 e. The van der Waals surface area contributed by atoms with E-state index in [0.29, 0.717) is 19.1 Å². The lowest BCUT2D eigenvalue weighted by Crippen LogP contribution is -2.10. The van der Waals surface area contributed by atoms with Gasteiger partial charge in [0.25, 0.3) is 0 Å². The Morgan fingerprint density at radius 2 is 2.26 bits per heavy atom. The van der Waals surface area contributed by atoms with Crippen LogP contribution in [0.1, 0.15) is 13.3 Å². The number of rotatable bonds is 5. The molecule has 1 heterocycles. The summed E-state index contributed by atoms with van der Waals surface area (Å²) in [7, 11) is 1.60. The van der Waals surface area contributed by atoms with Gasteiger partial charge in [-0.05, 0) is 19.1 Å². The maximum Gasteiger partial charge on any atom is 0.307 e. The topological polar surface area (TPSA) is 79.4 Å². The zero-order valence-corrected chi connectivity index (χ0v) is 11.0. The average molecular weight is 263 g/mol. The maximum atomic E-state index is 11.4. The van der Waals surface area contributed by atoms with E-state index < -0.39 is 0 Å². The van der Waals surface area contributed by atoms with Gasteiger partial charge in [0.2, 0.25) is 5.95 Å². The molecule has 0 bridgehead atoms. The molecule has 1 aromatic heterocycles. The van der Waals surface area contributed by atoms with Crippen molar-refractivity contribution in [2.75, 3.05) is 19.5 Å². The molecule has 6 heteroatoms. The lowest BCUT2D eigenvalue weighted by Gasteiger charge is -2.07. The molecule has 0 aliphatic rings. The minimum atomic E-state index is -0.244.